The van der Waals surface area contributed by atoms with E-state index >= 15 is 0 Å². The topological polar surface area (TPSA) is 97.2 Å². The fourth-order valence-corrected chi connectivity index (χ4v) is 6.10. The van der Waals surface area contributed by atoms with Crippen LogP contribution < -0.4 is 5.32 Å². The highest BCUT2D eigenvalue weighted by Crippen LogP contribution is 2.25. The van der Waals surface area contributed by atoms with Crippen LogP contribution >= 0.6 is 11.8 Å². The van der Waals surface area contributed by atoms with E-state index in [2.05, 4.69) is 15.4 Å². The molecule has 4 rings (SSSR count). The Morgan fingerprint density at radius 3 is 2.38 bits per heavy atom. The first-order chi connectivity index (χ1) is 16.4. The number of amides is 1. The predicted octanol–water partition coefficient (Wildman–Crippen LogP) is 4.18. The summed E-state index contributed by atoms with van der Waals surface area (Å²) < 4.78 is 29.2. The smallest absolute Gasteiger partial charge is 0.244 e. The zero-order valence-electron chi connectivity index (χ0n) is 19.4. The van der Waals surface area contributed by atoms with Crippen molar-refractivity contribution < 1.29 is 13.2 Å². The fraction of sp³-hybridized carbons (Fsp3) is 0.375. The second-order valence-corrected chi connectivity index (χ2v) is 11.2. The number of carbonyl (C=O) groups is 1. The lowest BCUT2D eigenvalue weighted by Gasteiger charge is -2.19. The summed E-state index contributed by atoms with van der Waals surface area (Å²) in [6.07, 6.45) is 5.29. The number of benzene rings is 1. The van der Waals surface area contributed by atoms with E-state index in [1.165, 1.54) is 18.0 Å². The second-order valence-electron chi connectivity index (χ2n) is 8.28. The van der Waals surface area contributed by atoms with Crippen molar-refractivity contribution in [3.63, 3.8) is 0 Å². The minimum absolute atomic E-state index is 0.153. The molecule has 34 heavy (non-hydrogen) atoms. The van der Waals surface area contributed by atoms with Gasteiger partial charge in [0.05, 0.1) is 33.5 Å². The lowest BCUT2D eigenvalue weighted by molar-refractivity contribution is -0.113. The number of nitrogens with zero attached hydrogens (tertiary/aromatic N) is 4. The molecule has 3 aromatic rings. The number of aryl methyl sites for hydroxylation is 1. The van der Waals surface area contributed by atoms with Crippen LogP contribution in [0.2, 0.25) is 0 Å². The highest BCUT2D eigenvalue weighted by molar-refractivity contribution is 7.99. The standard InChI is InChI=1S/C24H29N5O3S2/c1-18-24(19(2)29(27-18)20-10-6-5-7-11-20)26-22(30)17-33-23-13-12-21(16-25-23)34(31,32)28-14-8-3-4-9-15-28/h5-7,10-13,16H,3-4,8-9,14-15,17H2,1-2H3,(H,26,30). The summed E-state index contributed by atoms with van der Waals surface area (Å²) in [4.78, 5) is 17.1. The molecule has 1 amide bonds. The van der Waals surface area contributed by atoms with Crippen LogP contribution in [0, 0.1) is 13.8 Å². The fourth-order valence-electron chi connectivity index (χ4n) is 3.99. The number of para-hydroxylation sites is 1. The lowest BCUT2D eigenvalue weighted by Crippen LogP contribution is -2.32. The molecule has 0 spiro atoms. The normalized spacial score (nSPS) is 15.1. The van der Waals surface area contributed by atoms with Crippen molar-refractivity contribution in [3.05, 3.63) is 60.0 Å². The number of nitrogens with one attached hydrogen (secondary N) is 1. The number of thioether (sulfide) groups is 1. The molecule has 2 aromatic heterocycles. The monoisotopic (exact) mass is 499 g/mol. The Balaban J connectivity index is 1.37. The molecular formula is C24H29N5O3S2. The molecule has 1 saturated heterocycles. The first-order valence-electron chi connectivity index (χ1n) is 11.4. The van der Waals surface area contributed by atoms with Gasteiger partial charge >= 0.3 is 0 Å². The van der Waals surface area contributed by atoms with Crippen molar-refractivity contribution in [2.75, 3.05) is 24.2 Å². The number of rotatable bonds is 7. The van der Waals surface area contributed by atoms with Gasteiger partial charge in [0.2, 0.25) is 15.9 Å². The van der Waals surface area contributed by atoms with Crippen LogP contribution in [0.3, 0.4) is 0 Å². The zero-order chi connectivity index (χ0) is 24.1. The van der Waals surface area contributed by atoms with Gasteiger partial charge in [0, 0.05) is 19.3 Å². The van der Waals surface area contributed by atoms with Gasteiger partial charge in [0.25, 0.3) is 0 Å². The molecule has 0 atom stereocenters. The molecule has 0 bridgehead atoms. The molecule has 1 aliphatic heterocycles. The molecule has 1 fully saturated rings. The van der Waals surface area contributed by atoms with Gasteiger partial charge < -0.3 is 5.32 Å². The average Bonchev–Trinajstić information content (AvgIpc) is 3.03. The van der Waals surface area contributed by atoms with E-state index in [9.17, 15) is 13.2 Å². The van der Waals surface area contributed by atoms with E-state index in [-0.39, 0.29) is 16.6 Å². The van der Waals surface area contributed by atoms with Gasteiger partial charge in [-0.15, -0.1) is 0 Å². The van der Waals surface area contributed by atoms with E-state index in [0.29, 0.717) is 23.8 Å². The summed E-state index contributed by atoms with van der Waals surface area (Å²) in [7, 11) is -3.53. The van der Waals surface area contributed by atoms with Crippen LogP contribution in [-0.4, -0.2) is 52.2 Å². The Kier molecular flexibility index (Phi) is 7.70. The molecule has 8 nitrogen and oxygen atoms in total. The van der Waals surface area contributed by atoms with E-state index in [4.69, 9.17) is 0 Å². The van der Waals surface area contributed by atoms with E-state index in [0.717, 1.165) is 42.8 Å². The van der Waals surface area contributed by atoms with Gasteiger partial charge in [0.1, 0.15) is 4.90 Å². The molecule has 0 radical (unpaired) electrons. The Morgan fingerprint density at radius 1 is 1.03 bits per heavy atom. The molecule has 0 unspecified atom stereocenters. The summed E-state index contributed by atoms with van der Waals surface area (Å²) in [5, 5.41) is 8.10. The van der Waals surface area contributed by atoms with Crippen molar-refractivity contribution in [2.45, 2.75) is 49.5 Å². The SMILES string of the molecule is Cc1nn(-c2ccccc2)c(C)c1NC(=O)CSc1ccc(S(=O)(=O)N2CCCCCC2)cn1. The summed E-state index contributed by atoms with van der Waals surface area (Å²) in [6.45, 7) is 4.89. The van der Waals surface area contributed by atoms with Crippen molar-refractivity contribution in [1.29, 1.82) is 0 Å². The van der Waals surface area contributed by atoms with Crippen molar-refractivity contribution in [2.24, 2.45) is 0 Å². The van der Waals surface area contributed by atoms with E-state index < -0.39 is 10.0 Å². The average molecular weight is 500 g/mol. The summed E-state index contributed by atoms with van der Waals surface area (Å²) >= 11 is 1.26. The maximum atomic E-state index is 12.9. The van der Waals surface area contributed by atoms with Crippen molar-refractivity contribution >= 4 is 33.4 Å². The number of carbonyl (C=O) groups excluding carboxylic acids is 1. The highest BCUT2D eigenvalue weighted by atomic mass is 32.2. The Labute approximate surface area is 204 Å². The van der Waals surface area contributed by atoms with Crippen molar-refractivity contribution in [3.8, 4) is 5.69 Å². The van der Waals surface area contributed by atoms with Crippen LogP contribution in [-0.2, 0) is 14.8 Å². The van der Waals surface area contributed by atoms with Crippen LogP contribution in [0.15, 0.2) is 58.6 Å². The number of anilines is 1. The minimum Gasteiger partial charge on any atom is -0.322 e. The number of hydrogen-bond donors (Lipinski definition) is 1. The zero-order valence-corrected chi connectivity index (χ0v) is 21.0. The number of hydrogen-bond acceptors (Lipinski definition) is 6. The molecule has 1 aromatic carbocycles. The van der Waals surface area contributed by atoms with E-state index in [1.807, 2.05) is 48.9 Å². The Bertz CT molecular complexity index is 1230. The third kappa shape index (κ3) is 5.51. The predicted molar refractivity (Wildman–Crippen MR) is 134 cm³/mol. The quantitative estimate of drug-likeness (QED) is 0.490. The minimum atomic E-state index is -3.53. The van der Waals surface area contributed by atoms with Crippen LogP contribution in [0.4, 0.5) is 5.69 Å². The van der Waals surface area contributed by atoms with Crippen LogP contribution in [0.5, 0.6) is 0 Å². The summed E-state index contributed by atoms with van der Waals surface area (Å²) in [5.41, 5.74) is 3.21. The first-order valence-corrected chi connectivity index (χ1v) is 13.8. The van der Waals surface area contributed by atoms with E-state index in [1.54, 1.807) is 16.4 Å². The summed E-state index contributed by atoms with van der Waals surface area (Å²) in [5.74, 6) is -0.0208. The van der Waals surface area contributed by atoms with Crippen LogP contribution in [0.1, 0.15) is 37.1 Å². The van der Waals surface area contributed by atoms with Gasteiger partial charge in [-0.1, -0.05) is 42.8 Å². The Morgan fingerprint density at radius 2 is 1.74 bits per heavy atom. The maximum absolute atomic E-state index is 12.9. The van der Waals surface area contributed by atoms with Gasteiger partial charge in [-0.25, -0.2) is 18.1 Å². The van der Waals surface area contributed by atoms with Crippen LogP contribution in [0.25, 0.3) is 5.69 Å². The molecule has 10 heteroatoms. The Hall–Kier alpha value is -2.69. The van der Waals surface area contributed by atoms with Gasteiger partial charge in [-0.2, -0.15) is 9.40 Å². The molecule has 180 valence electrons. The maximum Gasteiger partial charge on any atom is 0.244 e. The number of pyridine rings is 1. The molecule has 0 aliphatic carbocycles. The highest BCUT2D eigenvalue weighted by Gasteiger charge is 2.25. The molecular weight excluding hydrogens is 470 g/mol. The molecule has 1 aliphatic rings. The number of sulfonamides is 1. The number of aromatic nitrogens is 3. The first kappa shape index (κ1) is 24.4. The second kappa shape index (κ2) is 10.7. The van der Waals surface area contributed by atoms with Gasteiger partial charge in [-0.3, -0.25) is 4.79 Å². The van der Waals surface area contributed by atoms with Gasteiger partial charge in [0.15, 0.2) is 0 Å². The largest absolute Gasteiger partial charge is 0.322 e. The van der Waals surface area contributed by atoms with Crippen molar-refractivity contribution in [1.82, 2.24) is 19.1 Å². The molecule has 3 heterocycles. The molecule has 1 N–H and O–H groups in total. The lowest BCUT2D eigenvalue weighted by atomic mass is 10.2. The summed E-state index contributed by atoms with van der Waals surface area (Å²) in [6, 6.07) is 13.0. The molecule has 0 saturated carbocycles. The third-order valence-corrected chi connectivity index (χ3v) is 8.65. The van der Waals surface area contributed by atoms with Gasteiger partial charge in [-0.05, 0) is 51.0 Å². The third-order valence-electron chi connectivity index (χ3n) is 5.82.